The number of likely N-dealkylation sites (N-methyl/N-ethyl adjacent to an activating group) is 1. The van der Waals surface area contributed by atoms with Crippen LogP contribution in [-0.2, 0) is 0 Å². The van der Waals surface area contributed by atoms with Gasteiger partial charge < -0.3 is 15.5 Å². The Morgan fingerprint density at radius 1 is 1.10 bits per heavy atom. The van der Waals surface area contributed by atoms with Crippen LogP contribution in [0.2, 0.25) is 0 Å². The summed E-state index contributed by atoms with van der Waals surface area (Å²) < 4.78 is 0. The second-order valence-electron chi connectivity index (χ2n) is 5.52. The largest absolute Gasteiger partial charge is 0.370 e. The van der Waals surface area contributed by atoms with E-state index in [4.69, 9.17) is 0 Å². The monoisotopic (exact) mass is 404 g/mol. The highest BCUT2D eigenvalue weighted by atomic mass is 127. The van der Waals surface area contributed by atoms with Crippen molar-refractivity contribution >= 4 is 35.6 Å². The standard InChI is InChI=1S/C16H28N4.HI/c1-13(2)11-18-16(17-4)19-12-14(3)20(5)15-9-7-6-8-10-15;/h6-10,13-14H,11-12H2,1-5H3,(H2,17,18,19);1H. The van der Waals surface area contributed by atoms with E-state index < -0.39 is 0 Å². The van der Waals surface area contributed by atoms with Gasteiger partial charge in [0.25, 0.3) is 0 Å². The van der Waals surface area contributed by atoms with E-state index in [0.29, 0.717) is 12.0 Å². The summed E-state index contributed by atoms with van der Waals surface area (Å²) in [5, 5.41) is 6.70. The normalized spacial score (nSPS) is 12.6. The Kier molecular flexibility index (Phi) is 10.2. The van der Waals surface area contributed by atoms with Gasteiger partial charge in [-0.25, -0.2) is 0 Å². The van der Waals surface area contributed by atoms with Gasteiger partial charge in [0.2, 0.25) is 0 Å². The van der Waals surface area contributed by atoms with E-state index in [1.807, 2.05) is 6.07 Å². The van der Waals surface area contributed by atoms with E-state index in [9.17, 15) is 0 Å². The van der Waals surface area contributed by atoms with Crippen LogP contribution in [0.1, 0.15) is 20.8 Å². The van der Waals surface area contributed by atoms with Gasteiger partial charge in [-0.15, -0.1) is 24.0 Å². The molecule has 2 N–H and O–H groups in total. The van der Waals surface area contributed by atoms with Gasteiger partial charge in [0.1, 0.15) is 0 Å². The number of hydrogen-bond acceptors (Lipinski definition) is 2. The molecular weight excluding hydrogens is 375 g/mol. The van der Waals surface area contributed by atoms with Crippen LogP contribution in [0.5, 0.6) is 0 Å². The molecule has 0 bridgehead atoms. The number of aliphatic imine (C=N–C) groups is 1. The fourth-order valence-electron chi connectivity index (χ4n) is 1.82. The van der Waals surface area contributed by atoms with Gasteiger partial charge >= 0.3 is 0 Å². The van der Waals surface area contributed by atoms with E-state index in [1.54, 1.807) is 7.05 Å². The summed E-state index contributed by atoms with van der Waals surface area (Å²) in [5.74, 6) is 1.48. The highest BCUT2D eigenvalue weighted by molar-refractivity contribution is 14.0. The second kappa shape index (κ2) is 10.7. The summed E-state index contributed by atoms with van der Waals surface area (Å²) in [5.41, 5.74) is 1.23. The van der Waals surface area contributed by atoms with Crippen LogP contribution in [0, 0.1) is 5.92 Å². The van der Waals surface area contributed by atoms with Crippen LogP contribution >= 0.6 is 24.0 Å². The number of nitrogens with one attached hydrogen (secondary N) is 2. The molecule has 0 aromatic heterocycles. The SMILES string of the molecule is CN=C(NCC(C)C)NCC(C)N(C)c1ccccc1.I. The molecule has 0 fully saturated rings. The van der Waals surface area contributed by atoms with Crippen LogP contribution in [-0.4, -0.2) is 39.2 Å². The number of guanidine groups is 1. The zero-order valence-corrected chi connectivity index (χ0v) is 16.1. The Hall–Kier alpha value is -0.980. The Bertz CT molecular complexity index is 406. The lowest BCUT2D eigenvalue weighted by atomic mass is 10.2. The van der Waals surface area contributed by atoms with Crippen molar-refractivity contribution in [1.82, 2.24) is 10.6 Å². The quantitative estimate of drug-likeness (QED) is 0.435. The average Bonchev–Trinajstić information content (AvgIpc) is 2.47. The molecule has 0 radical (unpaired) electrons. The predicted molar refractivity (Wildman–Crippen MR) is 104 cm³/mol. The molecule has 5 heteroatoms. The van der Waals surface area contributed by atoms with Crippen molar-refractivity contribution in [3.05, 3.63) is 30.3 Å². The van der Waals surface area contributed by atoms with Crippen LogP contribution in [0.15, 0.2) is 35.3 Å². The lowest BCUT2D eigenvalue weighted by Crippen LogP contribution is -2.45. The predicted octanol–water partition coefficient (Wildman–Crippen LogP) is 2.95. The number of benzene rings is 1. The first-order chi connectivity index (χ1) is 9.54. The fourth-order valence-corrected chi connectivity index (χ4v) is 1.82. The molecule has 4 nitrogen and oxygen atoms in total. The average molecular weight is 404 g/mol. The van der Waals surface area contributed by atoms with Crippen molar-refractivity contribution in [3.8, 4) is 0 Å². The highest BCUT2D eigenvalue weighted by Gasteiger charge is 2.10. The zero-order valence-electron chi connectivity index (χ0n) is 13.8. The molecule has 0 aliphatic carbocycles. The van der Waals surface area contributed by atoms with Crippen LogP contribution in [0.25, 0.3) is 0 Å². The minimum atomic E-state index is 0. The summed E-state index contributed by atoms with van der Waals surface area (Å²) in [4.78, 5) is 6.51. The number of halogens is 1. The third-order valence-electron chi connectivity index (χ3n) is 3.29. The van der Waals surface area contributed by atoms with Crippen molar-refractivity contribution < 1.29 is 0 Å². The van der Waals surface area contributed by atoms with E-state index in [2.05, 4.69) is 72.6 Å². The molecule has 1 rings (SSSR count). The lowest BCUT2D eigenvalue weighted by Gasteiger charge is -2.28. The van der Waals surface area contributed by atoms with Crippen molar-refractivity contribution in [2.24, 2.45) is 10.9 Å². The first-order valence-corrected chi connectivity index (χ1v) is 7.27. The maximum atomic E-state index is 4.24. The van der Waals surface area contributed by atoms with Crippen molar-refractivity contribution in [1.29, 1.82) is 0 Å². The smallest absolute Gasteiger partial charge is 0.191 e. The van der Waals surface area contributed by atoms with E-state index >= 15 is 0 Å². The van der Waals surface area contributed by atoms with Gasteiger partial charge in [-0.3, -0.25) is 4.99 Å². The Morgan fingerprint density at radius 2 is 1.67 bits per heavy atom. The van der Waals surface area contributed by atoms with Gasteiger partial charge in [0.15, 0.2) is 5.96 Å². The van der Waals surface area contributed by atoms with Crippen LogP contribution in [0.4, 0.5) is 5.69 Å². The number of hydrogen-bond donors (Lipinski definition) is 2. The van der Waals surface area contributed by atoms with Crippen LogP contribution < -0.4 is 15.5 Å². The molecule has 0 heterocycles. The molecule has 0 spiro atoms. The molecule has 1 aromatic carbocycles. The molecule has 0 aliphatic heterocycles. The molecule has 21 heavy (non-hydrogen) atoms. The first kappa shape index (κ1) is 20.0. The minimum Gasteiger partial charge on any atom is -0.370 e. The lowest BCUT2D eigenvalue weighted by molar-refractivity contribution is 0.603. The van der Waals surface area contributed by atoms with Crippen LogP contribution in [0.3, 0.4) is 0 Å². The Labute approximate surface area is 146 Å². The Balaban J connectivity index is 0.00000400. The molecular formula is C16H29IN4. The molecule has 1 atom stereocenters. The van der Waals surface area contributed by atoms with Gasteiger partial charge in [-0.2, -0.15) is 0 Å². The van der Waals surface area contributed by atoms with E-state index in [0.717, 1.165) is 19.0 Å². The molecule has 0 saturated carbocycles. The minimum absolute atomic E-state index is 0. The first-order valence-electron chi connectivity index (χ1n) is 7.27. The van der Waals surface area contributed by atoms with Gasteiger partial charge in [0, 0.05) is 38.9 Å². The van der Waals surface area contributed by atoms with Crippen molar-refractivity contribution in [2.75, 3.05) is 32.1 Å². The third kappa shape index (κ3) is 7.55. The fraction of sp³-hybridized carbons (Fsp3) is 0.562. The van der Waals surface area contributed by atoms with Gasteiger partial charge in [-0.05, 0) is 25.0 Å². The summed E-state index contributed by atoms with van der Waals surface area (Å²) in [6, 6.07) is 10.8. The third-order valence-corrected chi connectivity index (χ3v) is 3.29. The second-order valence-corrected chi connectivity index (χ2v) is 5.52. The topological polar surface area (TPSA) is 39.7 Å². The Morgan fingerprint density at radius 3 is 2.19 bits per heavy atom. The number of para-hydroxylation sites is 1. The summed E-state index contributed by atoms with van der Waals surface area (Å²) >= 11 is 0. The molecule has 1 aromatic rings. The molecule has 0 saturated heterocycles. The number of anilines is 1. The number of rotatable bonds is 6. The molecule has 0 amide bonds. The van der Waals surface area contributed by atoms with Crippen molar-refractivity contribution in [2.45, 2.75) is 26.8 Å². The summed E-state index contributed by atoms with van der Waals surface area (Å²) in [6.07, 6.45) is 0. The number of nitrogens with zero attached hydrogens (tertiary/aromatic N) is 2. The van der Waals surface area contributed by atoms with Gasteiger partial charge in [-0.1, -0.05) is 32.0 Å². The molecule has 0 aliphatic rings. The van der Waals surface area contributed by atoms with Crippen molar-refractivity contribution in [3.63, 3.8) is 0 Å². The van der Waals surface area contributed by atoms with Gasteiger partial charge in [0.05, 0.1) is 0 Å². The zero-order chi connectivity index (χ0) is 15.0. The van der Waals surface area contributed by atoms with E-state index in [1.165, 1.54) is 5.69 Å². The molecule has 1 unspecified atom stereocenters. The highest BCUT2D eigenvalue weighted by Crippen LogP contribution is 2.13. The summed E-state index contributed by atoms with van der Waals surface area (Å²) in [7, 11) is 3.92. The molecule has 120 valence electrons. The maximum absolute atomic E-state index is 4.24. The summed E-state index contributed by atoms with van der Waals surface area (Å²) in [6.45, 7) is 8.36. The van der Waals surface area contributed by atoms with E-state index in [-0.39, 0.29) is 24.0 Å². The maximum Gasteiger partial charge on any atom is 0.191 e.